The maximum Gasteiger partial charge on any atom is 0.291 e. The van der Waals surface area contributed by atoms with Crippen LogP contribution in [0, 0.1) is 0 Å². The molecule has 2 amide bonds. The number of anilines is 1. The first-order valence-electron chi connectivity index (χ1n) is 10.5. The number of rotatable bonds is 9. The quantitative estimate of drug-likeness (QED) is 0.361. The number of hydrogen-bond donors (Lipinski definition) is 2. The van der Waals surface area contributed by atoms with Crippen LogP contribution in [-0.4, -0.2) is 18.4 Å². The van der Waals surface area contributed by atoms with Gasteiger partial charge in [-0.1, -0.05) is 48.5 Å². The van der Waals surface area contributed by atoms with E-state index in [1.54, 1.807) is 24.3 Å². The van der Waals surface area contributed by atoms with Gasteiger partial charge in [0, 0.05) is 24.0 Å². The average Bonchev–Trinajstić information content (AvgIpc) is 3.37. The number of fused-ring (bicyclic) bond motifs is 1. The zero-order chi connectivity index (χ0) is 22.2. The fourth-order valence-corrected chi connectivity index (χ4v) is 3.33. The second-order valence-electron chi connectivity index (χ2n) is 7.33. The van der Waals surface area contributed by atoms with Crippen molar-refractivity contribution in [1.29, 1.82) is 0 Å². The lowest BCUT2D eigenvalue weighted by Crippen LogP contribution is -2.23. The van der Waals surface area contributed by atoms with E-state index in [1.807, 2.05) is 42.5 Å². The van der Waals surface area contributed by atoms with Gasteiger partial charge in [0.05, 0.1) is 12.9 Å². The van der Waals surface area contributed by atoms with Crippen LogP contribution in [0.1, 0.15) is 29.0 Å². The van der Waals surface area contributed by atoms with Gasteiger partial charge in [-0.15, -0.1) is 0 Å². The molecule has 0 spiro atoms. The smallest absolute Gasteiger partial charge is 0.291 e. The monoisotopic (exact) mass is 428 g/mol. The first-order valence-corrected chi connectivity index (χ1v) is 10.5. The van der Waals surface area contributed by atoms with Gasteiger partial charge in [-0.2, -0.15) is 0 Å². The Morgan fingerprint density at radius 3 is 2.50 bits per heavy atom. The number of carbonyl (C=O) groups excluding carboxylic acids is 2. The second-order valence-corrected chi connectivity index (χ2v) is 7.33. The highest BCUT2D eigenvalue weighted by atomic mass is 16.5. The molecule has 0 atom stereocenters. The molecule has 4 rings (SSSR count). The molecule has 1 aromatic heterocycles. The topological polar surface area (TPSA) is 80.6 Å². The van der Waals surface area contributed by atoms with Crippen LogP contribution in [0.25, 0.3) is 10.8 Å². The van der Waals surface area contributed by atoms with E-state index in [0.29, 0.717) is 31.7 Å². The van der Waals surface area contributed by atoms with Crippen molar-refractivity contribution in [2.45, 2.75) is 19.4 Å². The summed E-state index contributed by atoms with van der Waals surface area (Å²) in [5.74, 6) is 0.761. The van der Waals surface area contributed by atoms with E-state index in [9.17, 15) is 9.59 Å². The van der Waals surface area contributed by atoms with Gasteiger partial charge in [-0.25, -0.2) is 0 Å². The molecule has 0 aliphatic carbocycles. The van der Waals surface area contributed by atoms with E-state index < -0.39 is 0 Å². The predicted octanol–water partition coefficient (Wildman–Crippen LogP) is 5.16. The molecule has 32 heavy (non-hydrogen) atoms. The predicted molar refractivity (Wildman–Crippen MR) is 124 cm³/mol. The van der Waals surface area contributed by atoms with Crippen molar-refractivity contribution in [3.8, 4) is 5.75 Å². The summed E-state index contributed by atoms with van der Waals surface area (Å²) in [5, 5.41) is 7.88. The summed E-state index contributed by atoms with van der Waals surface area (Å²) in [5.41, 5.74) is 1.61. The Morgan fingerprint density at radius 1 is 0.875 bits per heavy atom. The maximum absolute atomic E-state index is 12.1. The first-order chi connectivity index (χ1) is 15.7. The van der Waals surface area contributed by atoms with Crippen molar-refractivity contribution in [2.24, 2.45) is 0 Å². The lowest BCUT2D eigenvalue weighted by atomic mass is 10.1. The Balaban J connectivity index is 1.17. The van der Waals surface area contributed by atoms with Gasteiger partial charge >= 0.3 is 0 Å². The van der Waals surface area contributed by atoms with Crippen LogP contribution in [0.5, 0.6) is 5.75 Å². The zero-order valence-electron chi connectivity index (χ0n) is 17.5. The van der Waals surface area contributed by atoms with Crippen molar-refractivity contribution in [3.63, 3.8) is 0 Å². The molecular formula is C26H24N2O4. The van der Waals surface area contributed by atoms with Crippen LogP contribution in [0.4, 0.5) is 5.69 Å². The van der Waals surface area contributed by atoms with Crippen LogP contribution in [0.15, 0.2) is 89.5 Å². The largest absolute Gasteiger partial charge is 0.493 e. The molecule has 162 valence electrons. The fourth-order valence-electron chi connectivity index (χ4n) is 3.33. The normalized spacial score (nSPS) is 10.6. The molecule has 0 aliphatic heterocycles. The zero-order valence-corrected chi connectivity index (χ0v) is 17.5. The summed E-state index contributed by atoms with van der Waals surface area (Å²) >= 11 is 0. The number of ether oxygens (including phenoxy) is 1. The van der Waals surface area contributed by atoms with Crippen molar-refractivity contribution in [2.75, 3.05) is 11.9 Å². The molecule has 0 fully saturated rings. The SMILES string of the molecule is O=C(CCCOc1cccc2ccccc12)NCc1ccc(NC(=O)c2ccco2)cc1. The number of amides is 2. The van der Waals surface area contributed by atoms with E-state index in [1.165, 1.54) is 6.26 Å². The highest BCUT2D eigenvalue weighted by molar-refractivity contribution is 6.02. The Hall–Kier alpha value is -4.06. The number of furan rings is 1. The van der Waals surface area contributed by atoms with Gasteiger partial charge in [0.2, 0.25) is 5.91 Å². The number of carbonyl (C=O) groups is 2. The second kappa shape index (κ2) is 10.3. The molecule has 0 saturated carbocycles. The van der Waals surface area contributed by atoms with Crippen molar-refractivity contribution >= 4 is 28.3 Å². The van der Waals surface area contributed by atoms with Crippen LogP contribution in [0.3, 0.4) is 0 Å². The van der Waals surface area contributed by atoms with E-state index in [-0.39, 0.29) is 17.6 Å². The Labute approximate surface area is 186 Å². The molecule has 3 aromatic carbocycles. The van der Waals surface area contributed by atoms with Crippen molar-refractivity contribution in [1.82, 2.24) is 5.32 Å². The number of benzene rings is 3. The molecular weight excluding hydrogens is 404 g/mol. The van der Waals surface area contributed by atoms with E-state index in [0.717, 1.165) is 22.1 Å². The molecule has 0 radical (unpaired) electrons. The lowest BCUT2D eigenvalue weighted by molar-refractivity contribution is -0.121. The maximum atomic E-state index is 12.1. The van der Waals surface area contributed by atoms with Crippen molar-refractivity contribution < 1.29 is 18.7 Å². The summed E-state index contributed by atoms with van der Waals surface area (Å²) in [6, 6.07) is 24.6. The van der Waals surface area contributed by atoms with Gasteiger partial charge in [-0.05, 0) is 47.7 Å². The minimum atomic E-state index is -0.304. The minimum Gasteiger partial charge on any atom is -0.493 e. The van der Waals surface area contributed by atoms with E-state index in [4.69, 9.17) is 9.15 Å². The van der Waals surface area contributed by atoms with Crippen molar-refractivity contribution in [3.05, 3.63) is 96.4 Å². The molecule has 0 saturated heterocycles. The van der Waals surface area contributed by atoms with Crippen LogP contribution in [0.2, 0.25) is 0 Å². The van der Waals surface area contributed by atoms with Gasteiger partial charge in [0.1, 0.15) is 5.75 Å². The summed E-state index contributed by atoms with van der Waals surface area (Å²) in [6.45, 7) is 0.904. The highest BCUT2D eigenvalue weighted by Crippen LogP contribution is 2.25. The highest BCUT2D eigenvalue weighted by Gasteiger charge is 2.09. The average molecular weight is 428 g/mol. The summed E-state index contributed by atoms with van der Waals surface area (Å²) in [7, 11) is 0. The molecule has 6 heteroatoms. The van der Waals surface area contributed by atoms with Gasteiger partial charge < -0.3 is 19.8 Å². The molecule has 1 heterocycles. The Bertz CT molecular complexity index is 1180. The third-order valence-corrected chi connectivity index (χ3v) is 5.00. The Kier molecular flexibility index (Phi) is 6.82. The summed E-state index contributed by atoms with van der Waals surface area (Å²) < 4.78 is 11.0. The molecule has 2 N–H and O–H groups in total. The fraction of sp³-hybridized carbons (Fsp3) is 0.154. The standard InChI is InChI=1S/C26H24N2O4/c29-25(11-5-17-31-23-9-3-7-20-6-1-2-8-22(20)23)27-18-19-12-14-21(15-13-19)28-26(30)24-10-4-16-32-24/h1-4,6-10,12-16H,5,11,17-18H2,(H,27,29)(H,28,30). The first kappa shape index (κ1) is 21.2. The van der Waals surface area contributed by atoms with Gasteiger partial charge in [0.25, 0.3) is 5.91 Å². The van der Waals surface area contributed by atoms with Crippen LogP contribution < -0.4 is 15.4 Å². The van der Waals surface area contributed by atoms with Crippen LogP contribution in [-0.2, 0) is 11.3 Å². The molecule has 4 aromatic rings. The lowest BCUT2D eigenvalue weighted by Gasteiger charge is -2.10. The molecule has 0 unspecified atom stereocenters. The third-order valence-electron chi connectivity index (χ3n) is 5.00. The molecule has 6 nitrogen and oxygen atoms in total. The van der Waals surface area contributed by atoms with Gasteiger partial charge in [-0.3, -0.25) is 9.59 Å². The van der Waals surface area contributed by atoms with Gasteiger partial charge in [0.15, 0.2) is 5.76 Å². The summed E-state index contributed by atoms with van der Waals surface area (Å²) in [4.78, 5) is 24.1. The molecule has 0 bridgehead atoms. The molecule has 0 aliphatic rings. The number of hydrogen-bond acceptors (Lipinski definition) is 4. The minimum absolute atomic E-state index is 0.0262. The summed E-state index contributed by atoms with van der Waals surface area (Å²) in [6.07, 6.45) is 2.48. The van der Waals surface area contributed by atoms with E-state index >= 15 is 0 Å². The Morgan fingerprint density at radius 2 is 1.69 bits per heavy atom. The number of nitrogens with one attached hydrogen (secondary N) is 2. The van der Waals surface area contributed by atoms with E-state index in [2.05, 4.69) is 22.8 Å². The van der Waals surface area contributed by atoms with Crippen LogP contribution >= 0.6 is 0 Å². The third kappa shape index (κ3) is 5.55.